The number of halogens is 1. The maximum absolute atomic E-state index is 12.1. The highest BCUT2D eigenvalue weighted by Gasteiger charge is 2.26. The molecular weight excluding hydrogens is 374 g/mol. The zero-order valence-electron chi connectivity index (χ0n) is 14.1. The standard InChI is InChI=1S/C18H16ClN3O5/c19-13-3-1-2-4-14(13)21-17(23)10-27-18(24)11-5-8-15(20-12-6-7-12)16(9-11)22(25)26/h1-5,8-9,12,20H,6-7,10H2,(H,21,23). The molecule has 0 heterocycles. The van der Waals surface area contributed by atoms with E-state index in [-0.39, 0.29) is 17.3 Å². The molecule has 2 aromatic carbocycles. The van der Waals surface area contributed by atoms with E-state index >= 15 is 0 Å². The number of hydrogen-bond donors (Lipinski definition) is 2. The second-order valence-corrected chi connectivity index (χ2v) is 6.42. The highest BCUT2D eigenvalue weighted by atomic mass is 35.5. The Morgan fingerprint density at radius 2 is 1.93 bits per heavy atom. The summed E-state index contributed by atoms with van der Waals surface area (Å²) in [5.41, 5.74) is 0.535. The van der Waals surface area contributed by atoms with Crippen molar-refractivity contribution in [3.05, 3.63) is 63.2 Å². The molecule has 0 aromatic heterocycles. The Kier molecular flexibility index (Phi) is 5.56. The number of benzene rings is 2. The summed E-state index contributed by atoms with van der Waals surface area (Å²) >= 11 is 5.94. The van der Waals surface area contributed by atoms with Gasteiger partial charge in [-0.1, -0.05) is 23.7 Å². The van der Waals surface area contributed by atoms with Crippen LogP contribution in [0.25, 0.3) is 0 Å². The molecule has 1 amide bonds. The predicted octanol–water partition coefficient (Wildman–Crippen LogP) is 3.62. The summed E-state index contributed by atoms with van der Waals surface area (Å²) in [4.78, 5) is 34.7. The van der Waals surface area contributed by atoms with Crippen molar-refractivity contribution in [2.24, 2.45) is 0 Å². The van der Waals surface area contributed by atoms with Crippen LogP contribution in [-0.4, -0.2) is 29.4 Å². The highest BCUT2D eigenvalue weighted by molar-refractivity contribution is 6.33. The fourth-order valence-electron chi connectivity index (χ4n) is 2.34. The smallest absolute Gasteiger partial charge is 0.338 e. The Hall–Kier alpha value is -3.13. The minimum Gasteiger partial charge on any atom is -0.452 e. The SMILES string of the molecule is O=C(COC(=O)c1ccc(NC2CC2)c([N+](=O)[O-])c1)Nc1ccccc1Cl. The van der Waals surface area contributed by atoms with E-state index in [1.165, 1.54) is 12.1 Å². The average Bonchev–Trinajstić information content (AvgIpc) is 3.46. The van der Waals surface area contributed by atoms with Crippen molar-refractivity contribution >= 4 is 40.5 Å². The van der Waals surface area contributed by atoms with E-state index in [1.807, 2.05) is 0 Å². The van der Waals surface area contributed by atoms with Crippen molar-refractivity contribution in [3.63, 3.8) is 0 Å². The summed E-state index contributed by atoms with van der Waals surface area (Å²) in [6.07, 6.45) is 1.92. The van der Waals surface area contributed by atoms with Gasteiger partial charge in [0.15, 0.2) is 6.61 Å². The largest absolute Gasteiger partial charge is 0.452 e. The van der Waals surface area contributed by atoms with Gasteiger partial charge >= 0.3 is 5.97 Å². The number of anilines is 2. The lowest BCUT2D eigenvalue weighted by molar-refractivity contribution is -0.384. The first kappa shape index (κ1) is 18.7. The van der Waals surface area contributed by atoms with Crippen molar-refractivity contribution in [1.82, 2.24) is 0 Å². The van der Waals surface area contributed by atoms with E-state index in [9.17, 15) is 19.7 Å². The van der Waals surface area contributed by atoms with Crippen LogP contribution in [0.15, 0.2) is 42.5 Å². The third-order valence-corrected chi connectivity index (χ3v) is 4.18. The van der Waals surface area contributed by atoms with Crippen LogP contribution in [0.2, 0.25) is 5.02 Å². The number of nitrogens with zero attached hydrogens (tertiary/aromatic N) is 1. The van der Waals surface area contributed by atoms with Gasteiger partial charge in [-0.25, -0.2) is 4.79 Å². The summed E-state index contributed by atoms with van der Waals surface area (Å²) in [5.74, 6) is -1.40. The molecule has 2 N–H and O–H groups in total. The van der Waals surface area contributed by atoms with Gasteiger partial charge in [-0.2, -0.15) is 0 Å². The molecule has 1 aliphatic carbocycles. The van der Waals surface area contributed by atoms with Crippen LogP contribution in [-0.2, 0) is 9.53 Å². The van der Waals surface area contributed by atoms with Gasteiger partial charge in [0, 0.05) is 12.1 Å². The minimum atomic E-state index is -0.828. The van der Waals surface area contributed by atoms with Gasteiger partial charge in [0.25, 0.3) is 11.6 Å². The normalized spacial score (nSPS) is 12.9. The molecule has 9 heteroatoms. The van der Waals surface area contributed by atoms with E-state index in [2.05, 4.69) is 10.6 Å². The number of nitro benzene ring substituents is 1. The molecule has 2 aromatic rings. The van der Waals surface area contributed by atoms with Crippen molar-refractivity contribution in [3.8, 4) is 0 Å². The highest BCUT2D eigenvalue weighted by Crippen LogP contribution is 2.31. The van der Waals surface area contributed by atoms with Crippen LogP contribution in [0.1, 0.15) is 23.2 Å². The van der Waals surface area contributed by atoms with Crippen LogP contribution in [0, 0.1) is 10.1 Å². The molecule has 0 saturated heterocycles. The summed E-state index contributed by atoms with van der Waals surface area (Å²) in [5, 5.41) is 17.2. The number of nitrogens with one attached hydrogen (secondary N) is 2. The monoisotopic (exact) mass is 389 g/mol. The van der Waals surface area contributed by atoms with Crippen LogP contribution >= 0.6 is 11.6 Å². The molecule has 1 fully saturated rings. The average molecular weight is 390 g/mol. The summed E-state index contributed by atoms with van der Waals surface area (Å²) < 4.78 is 4.93. The Morgan fingerprint density at radius 3 is 2.59 bits per heavy atom. The van der Waals surface area contributed by atoms with E-state index in [0.29, 0.717) is 16.4 Å². The molecule has 0 aliphatic heterocycles. The number of para-hydroxylation sites is 1. The quantitative estimate of drug-likeness (QED) is 0.425. The summed E-state index contributed by atoms with van der Waals surface area (Å²) in [6.45, 7) is -0.542. The zero-order chi connectivity index (χ0) is 19.4. The molecule has 1 saturated carbocycles. The molecule has 0 unspecified atom stereocenters. The van der Waals surface area contributed by atoms with Gasteiger partial charge in [-0.15, -0.1) is 0 Å². The van der Waals surface area contributed by atoms with Crippen LogP contribution in [0.3, 0.4) is 0 Å². The Balaban J connectivity index is 1.61. The van der Waals surface area contributed by atoms with Gasteiger partial charge in [0.05, 0.1) is 21.2 Å². The third-order valence-electron chi connectivity index (χ3n) is 3.85. The van der Waals surface area contributed by atoms with Crippen LogP contribution in [0.4, 0.5) is 17.1 Å². The van der Waals surface area contributed by atoms with Gasteiger partial charge in [0.1, 0.15) is 5.69 Å². The molecular formula is C18H16ClN3O5. The number of rotatable bonds is 7. The predicted molar refractivity (Wildman–Crippen MR) is 100 cm³/mol. The molecule has 3 rings (SSSR count). The fraction of sp³-hybridized carbons (Fsp3) is 0.222. The molecule has 1 aliphatic rings. The van der Waals surface area contributed by atoms with Crippen LogP contribution < -0.4 is 10.6 Å². The number of hydrogen-bond acceptors (Lipinski definition) is 6. The van der Waals surface area contributed by atoms with E-state index in [0.717, 1.165) is 18.9 Å². The van der Waals surface area contributed by atoms with Gasteiger partial charge in [-0.05, 0) is 37.1 Å². The van der Waals surface area contributed by atoms with E-state index < -0.39 is 23.4 Å². The summed E-state index contributed by atoms with van der Waals surface area (Å²) in [7, 11) is 0. The van der Waals surface area contributed by atoms with Gasteiger partial charge in [0.2, 0.25) is 0 Å². The van der Waals surface area contributed by atoms with E-state index in [1.54, 1.807) is 24.3 Å². The third kappa shape index (κ3) is 4.95. The molecule has 0 spiro atoms. The van der Waals surface area contributed by atoms with Crippen LogP contribution in [0.5, 0.6) is 0 Å². The molecule has 0 atom stereocenters. The molecule has 27 heavy (non-hydrogen) atoms. The molecule has 0 bridgehead atoms. The lowest BCUT2D eigenvalue weighted by Gasteiger charge is -2.09. The van der Waals surface area contributed by atoms with Crippen molar-refractivity contribution in [2.45, 2.75) is 18.9 Å². The number of carbonyl (C=O) groups excluding carboxylic acids is 2. The summed E-state index contributed by atoms with van der Waals surface area (Å²) in [6, 6.07) is 10.9. The lowest BCUT2D eigenvalue weighted by Crippen LogP contribution is -2.21. The van der Waals surface area contributed by atoms with Gasteiger partial charge < -0.3 is 15.4 Å². The Labute approximate surface area is 159 Å². The first-order valence-corrected chi connectivity index (χ1v) is 8.58. The topological polar surface area (TPSA) is 111 Å². The molecule has 8 nitrogen and oxygen atoms in total. The molecule has 140 valence electrons. The maximum atomic E-state index is 12.1. The number of ether oxygens (including phenoxy) is 1. The Bertz CT molecular complexity index is 898. The van der Waals surface area contributed by atoms with Crippen molar-refractivity contribution in [2.75, 3.05) is 17.2 Å². The second kappa shape index (κ2) is 8.05. The zero-order valence-corrected chi connectivity index (χ0v) is 14.9. The first-order valence-electron chi connectivity index (χ1n) is 8.20. The second-order valence-electron chi connectivity index (χ2n) is 6.01. The Morgan fingerprint density at radius 1 is 1.19 bits per heavy atom. The fourth-order valence-corrected chi connectivity index (χ4v) is 2.53. The number of amides is 1. The van der Waals surface area contributed by atoms with Crippen molar-refractivity contribution < 1.29 is 19.2 Å². The van der Waals surface area contributed by atoms with Crippen molar-refractivity contribution in [1.29, 1.82) is 0 Å². The number of nitro groups is 1. The van der Waals surface area contributed by atoms with Gasteiger partial charge in [-0.3, -0.25) is 14.9 Å². The first-order chi connectivity index (χ1) is 12.9. The number of esters is 1. The van der Waals surface area contributed by atoms with E-state index in [4.69, 9.17) is 16.3 Å². The minimum absolute atomic E-state index is 0.00593. The number of carbonyl (C=O) groups is 2. The molecule has 0 radical (unpaired) electrons. The lowest BCUT2D eigenvalue weighted by atomic mass is 10.1. The maximum Gasteiger partial charge on any atom is 0.338 e.